The molecule has 0 bridgehead atoms. The quantitative estimate of drug-likeness (QED) is 0.128. The van der Waals surface area contributed by atoms with Crippen LogP contribution in [0, 0.1) is 0 Å². The van der Waals surface area contributed by atoms with Crippen LogP contribution in [-0.2, 0) is 16.2 Å². The molecule has 7 aromatic carbocycles. The van der Waals surface area contributed by atoms with Gasteiger partial charge < -0.3 is 9.32 Å². The van der Waals surface area contributed by atoms with E-state index in [-0.39, 0.29) is 10.8 Å². The van der Waals surface area contributed by atoms with Gasteiger partial charge in [-0.3, -0.25) is 9.88 Å². The molecule has 0 radical (unpaired) electrons. The van der Waals surface area contributed by atoms with Crippen LogP contribution in [0.25, 0.3) is 33.1 Å². The van der Waals surface area contributed by atoms with Gasteiger partial charge in [-0.2, -0.15) is 0 Å². The Hall–Kier alpha value is -7.33. The third-order valence-corrected chi connectivity index (χ3v) is 19.5. The summed E-state index contributed by atoms with van der Waals surface area (Å²) in [6.45, 7) is 28.0. The maximum atomic E-state index is 7.32. The Bertz CT molecular complexity index is 3520. The summed E-state index contributed by atoms with van der Waals surface area (Å²) >= 11 is 0. The summed E-state index contributed by atoms with van der Waals surface area (Å²) < 4.78 is 7.32. The topological polar surface area (TPSA) is 45.4 Å². The summed E-state index contributed by atoms with van der Waals surface area (Å²) in [7, 11) is -3.20. The molecule has 7 heteroatoms. The van der Waals surface area contributed by atoms with Crippen molar-refractivity contribution in [3.05, 3.63) is 228 Å². The first-order valence-electron chi connectivity index (χ1n) is 26.2. The Balaban J connectivity index is 1.25. The maximum absolute atomic E-state index is 7.32. The van der Waals surface area contributed by atoms with E-state index in [1.807, 2.05) is 18.5 Å². The molecule has 0 unspecified atom stereocenters. The van der Waals surface area contributed by atoms with Gasteiger partial charge in [0.25, 0.3) is 0 Å². The molecule has 0 fully saturated rings. The number of fused-ring (bicyclic) bond motifs is 7. The van der Waals surface area contributed by atoms with Crippen LogP contribution < -0.4 is 20.2 Å². The molecule has 10 aromatic rings. The molecule has 74 heavy (non-hydrogen) atoms. The second kappa shape index (κ2) is 18.0. The number of pyridine rings is 2. The van der Waals surface area contributed by atoms with E-state index in [1.54, 1.807) is 0 Å². The molecule has 0 saturated carbocycles. The number of hydrogen-bond donors (Lipinski definition) is 0. The zero-order valence-electron chi connectivity index (χ0n) is 45.2. The number of hydrogen-bond acceptors (Lipinski definition) is 5. The minimum Gasteiger partial charge on any atom is -0.455 e. The van der Waals surface area contributed by atoms with Gasteiger partial charge in [0.05, 0.1) is 32.6 Å². The lowest BCUT2D eigenvalue weighted by Crippen LogP contribution is -2.37. The number of nitrogens with zero attached hydrogens (tertiary/aromatic N) is 4. The Morgan fingerprint density at radius 2 is 1.00 bits per heavy atom. The lowest BCUT2D eigenvalue weighted by Gasteiger charge is -2.36. The first-order valence-corrected chi connectivity index (χ1v) is 33.2. The summed E-state index contributed by atoms with van der Waals surface area (Å²) in [5.41, 5.74) is 15.5. The van der Waals surface area contributed by atoms with E-state index in [4.69, 9.17) is 14.4 Å². The van der Waals surface area contributed by atoms with E-state index < -0.39 is 21.6 Å². The highest BCUT2D eigenvalue weighted by molar-refractivity contribution is 6.89. The summed E-state index contributed by atoms with van der Waals surface area (Å²) in [6, 6.07) is 66.0. The zero-order valence-corrected chi connectivity index (χ0v) is 47.2. The lowest BCUT2D eigenvalue weighted by atomic mass is 9.67. The van der Waals surface area contributed by atoms with Gasteiger partial charge in [0.2, 0.25) is 0 Å². The van der Waals surface area contributed by atoms with Crippen molar-refractivity contribution in [3.63, 3.8) is 0 Å². The Morgan fingerprint density at radius 3 is 1.51 bits per heavy atom. The van der Waals surface area contributed by atoms with Gasteiger partial charge >= 0.3 is 0 Å². The van der Waals surface area contributed by atoms with Gasteiger partial charge in [-0.15, -0.1) is 0 Å². The Kier molecular flexibility index (Phi) is 11.9. The molecule has 0 saturated heterocycles. The molecule has 3 aromatic heterocycles. The van der Waals surface area contributed by atoms with Crippen LogP contribution in [0.15, 0.2) is 199 Å². The van der Waals surface area contributed by atoms with E-state index in [0.29, 0.717) is 0 Å². The summed E-state index contributed by atoms with van der Waals surface area (Å²) in [5.74, 6) is 0.863. The van der Waals surface area contributed by atoms with Crippen molar-refractivity contribution in [1.82, 2.24) is 9.97 Å². The molecule has 5 nitrogen and oxygen atoms in total. The van der Waals surface area contributed by atoms with Crippen molar-refractivity contribution in [2.24, 2.45) is 0 Å². The monoisotopic (exact) mass is 1000 g/mol. The Labute approximate surface area is 440 Å². The molecular weight excluding hydrogens is 933 g/mol. The van der Waals surface area contributed by atoms with Crippen LogP contribution >= 0.6 is 0 Å². The highest BCUT2D eigenvalue weighted by Gasteiger charge is 2.49. The van der Waals surface area contributed by atoms with Gasteiger partial charge in [0, 0.05) is 52.3 Å². The summed E-state index contributed by atoms with van der Waals surface area (Å²) in [6.07, 6.45) is 5.88. The predicted octanol–water partition coefficient (Wildman–Crippen LogP) is 17.4. The summed E-state index contributed by atoms with van der Waals surface area (Å²) in [5, 5.41) is 4.84. The molecule has 1 aliphatic rings. The molecule has 0 aliphatic heterocycles. The highest BCUT2D eigenvalue weighted by atomic mass is 28.3. The SMILES string of the molecule is CC(C)(C)c1ccc(N(c2ccc([Si](C)(C)C)cc2)c2cc3c(c4oc5ccncc5c24)-c2ccc(N(c4ccc([Si](C)(C)C)cc4)c4ccc(C(C)(C)C)cn4)cc2C3(c2ccccc2)c2ccccc2)cc1. The molecule has 0 spiro atoms. The lowest BCUT2D eigenvalue weighted by molar-refractivity contribution is 0.587. The number of furan rings is 1. The van der Waals surface area contributed by atoms with Gasteiger partial charge in [-0.05, 0) is 117 Å². The first-order chi connectivity index (χ1) is 35.2. The van der Waals surface area contributed by atoms with E-state index in [9.17, 15) is 0 Å². The van der Waals surface area contributed by atoms with Crippen molar-refractivity contribution in [2.45, 2.75) is 97.1 Å². The molecule has 11 rings (SSSR count). The fourth-order valence-electron chi connectivity index (χ4n) is 11.2. The number of aromatic nitrogens is 2. The van der Waals surface area contributed by atoms with Crippen LogP contribution in [0.3, 0.4) is 0 Å². The summed E-state index contributed by atoms with van der Waals surface area (Å²) in [4.78, 5) is 14.8. The largest absolute Gasteiger partial charge is 0.455 e. The second-order valence-electron chi connectivity index (χ2n) is 24.4. The van der Waals surface area contributed by atoms with E-state index in [1.165, 1.54) is 38.2 Å². The predicted molar refractivity (Wildman–Crippen MR) is 319 cm³/mol. The van der Waals surface area contributed by atoms with Crippen LogP contribution in [0.4, 0.5) is 34.3 Å². The normalized spacial score (nSPS) is 13.5. The van der Waals surface area contributed by atoms with Gasteiger partial charge in [-0.1, -0.05) is 200 Å². The van der Waals surface area contributed by atoms with Gasteiger partial charge in [0.15, 0.2) is 0 Å². The standard InChI is InChI=1S/C67H68N4OSi2/c1-65(2,3)45-23-26-49(27-24-45)70(50-28-33-53(34-29-50)73(7,8)9)59-42-58-62(64-63(59)56-44-68-40-39-60(56)72-64)55-37-32-52(41-57(55)67(58,46-19-15-13-16-20-46)47-21-17-14-18-22-47)71(51-30-35-54(36-31-51)74(10,11)12)61-38-25-48(43-69-61)66(4,5)6/h13-44H,1-12H3. The van der Waals surface area contributed by atoms with Crippen LogP contribution in [0.5, 0.6) is 0 Å². The smallest absolute Gasteiger partial charge is 0.145 e. The zero-order chi connectivity index (χ0) is 52.0. The number of anilines is 6. The first kappa shape index (κ1) is 48.9. The average molecular weight is 1000 g/mol. The third kappa shape index (κ3) is 8.40. The fraction of sp³-hybridized carbons (Fsp3) is 0.224. The minimum atomic E-state index is -1.62. The van der Waals surface area contributed by atoms with E-state index in [2.05, 4.69) is 267 Å². The number of benzene rings is 7. The molecule has 0 N–H and O–H groups in total. The second-order valence-corrected chi connectivity index (χ2v) is 34.6. The average Bonchev–Trinajstić information content (AvgIpc) is 3.91. The van der Waals surface area contributed by atoms with E-state index in [0.717, 1.165) is 72.9 Å². The molecule has 0 atom stereocenters. The minimum absolute atomic E-state index is 0.00976. The van der Waals surface area contributed by atoms with Gasteiger partial charge in [0.1, 0.15) is 17.0 Å². The van der Waals surface area contributed by atoms with Crippen LogP contribution in [0.2, 0.25) is 39.3 Å². The van der Waals surface area contributed by atoms with Crippen molar-refractivity contribution in [1.29, 1.82) is 0 Å². The molecule has 3 heterocycles. The fourth-order valence-corrected chi connectivity index (χ4v) is 13.5. The van der Waals surface area contributed by atoms with Crippen LogP contribution in [0.1, 0.15) is 74.9 Å². The van der Waals surface area contributed by atoms with Gasteiger partial charge in [-0.25, -0.2) is 4.98 Å². The molecule has 1 aliphatic carbocycles. The van der Waals surface area contributed by atoms with Crippen molar-refractivity contribution >= 4 is 82.7 Å². The Morgan fingerprint density at radius 1 is 0.486 bits per heavy atom. The van der Waals surface area contributed by atoms with Crippen molar-refractivity contribution < 1.29 is 4.42 Å². The van der Waals surface area contributed by atoms with Crippen molar-refractivity contribution in [2.75, 3.05) is 9.80 Å². The molecule has 370 valence electrons. The molecule has 0 amide bonds. The highest BCUT2D eigenvalue weighted by Crippen LogP contribution is 2.61. The van der Waals surface area contributed by atoms with Crippen LogP contribution in [-0.4, -0.2) is 26.1 Å². The maximum Gasteiger partial charge on any atom is 0.145 e. The van der Waals surface area contributed by atoms with E-state index >= 15 is 0 Å². The third-order valence-electron chi connectivity index (χ3n) is 15.3. The number of rotatable bonds is 10. The molecular formula is C67H68N4OSi2. The van der Waals surface area contributed by atoms with Crippen molar-refractivity contribution in [3.8, 4) is 11.1 Å².